The summed E-state index contributed by atoms with van der Waals surface area (Å²) in [6.07, 6.45) is -3.35. The van der Waals surface area contributed by atoms with Gasteiger partial charge in [-0.2, -0.15) is 4.99 Å². The van der Waals surface area contributed by atoms with E-state index in [-0.39, 0.29) is 34.4 Å². The highest BCUT2D eigenvalue weighted by molar-refractivity contribution is 8.15. The Morgan fingerprint density at radius 2 is 1.83 bits per heavy atom. The van der Waals surface area contributed by atoms with Crippen molar-refractivity contribution in [1.29, 1.82) is 0 Å². The minimum absolute atomic E-state index is 0.0513. The molecule has 4 aromatic rings. The zero-order valence-electron chi connectivity index (χ0n) is 26.7. The van der Waals surface area contributed by atoms with Gasteiger partial charge in [-0.25, -0.2) is 14.5 Å². The number of carbonyl (C=O) groups excluding carboxylic acids is 3. The number of nitrogens with zero attached hydrogens (tertiary/aromatic N) is 6. The van der Waals surface area contributed by atoms with Gasteiger partial charge in [0.15, 0.2) is 11.0 Å². The maximum atomic E-state index is 13.1. The molecule has 0 bridgehead atoms. The molecule has 1 N–H and O–H groups in total. The third-order valence-corrected chi connectivity index (χ3v) is 8.32. The van der Waals surface area contributed by atoms with Crippen molar-refractivity contribution in [3.63, 3.8) is 0 Å². The van der Waals surface area contributed by atoms with E-state index in [9.17, 15) is 27.6 Å². The maximum Gasteiger partial charge on any atom is 0.573 e. The summed E-state index contributed by atoms with van der Waals surface area (Å²) in [5, 5.41) is 7.43. The number of ether oxygens (including phenoxy) is 1. The second-order valence-corrected chi connectivity index (χ2v) is 12.0. The van der Waals surface area contributed by atoms with Crippen LogP contribution in [0.5, 0.6) is 5.75 Å². The quantitative estimate of drug-likeness (QED) is 0.207. The molecule has 1 fully saturated rings. The largest absolute Gasteiger partial charge is 0.573 e. The van der Waals surface area contributed by atoms with Crippen molar-refractivity contribution in [3.8, 4) is 22.8 Å². The first-order valence-electron chi connectivity index (χ1n) is 14.9. The number of carbonyl (C=O) groups is 3. The molecule has 15 heteroatoms. The minimum atomic E-state index is -4.79. The molecule has 11 nitrogen and oxygen atoms in total. The molecule has 0 saturated carbocycles. The number of amidine groups is 1. The van der Waals surface area contributed by atoms with Crippen molar-refractivity contribution in [2.45, 2.75) is 46.9 Å². The van der Waals surface area contributed by atoms with Crippen LogP contribution >= 0.6 is 11.8 Å². The Hall–Kier alpha value is -5.18. The van der Waals surface area contributed by atoms with Crippen molar-refractivity contribution < 1.29 is 32.3 Å². The van der Waals surface area contributed by atoms with Crippen molar-refractivity contribution in [1.82, 2.24) is 14.8 Å². The highest BCUT2D eigenvalue weighted by Gasteiger charge is 2.33. The maximum absolute atomic E-state index is 13.1. The Bertz CT molecular complexity index is 1890. The van der Waals surface area contributed by atoms with Crippen molar-refractivity contribution >= 4 is 51.8 Å². The van der Waals surface area contributed by atoms with Gasteiger partial charge in [0.05, 0.1) is 17.1 Å². The fourth-order valence-corrected chi connectivity index (χ4v) is 6.00. The van der Waals surface area contributed by atoms with E-state index in [1.807, 2.05) is 32.9 Å². The Labute approximate surface area is 278 Å². The Balaban J connectivity index is 1.34. The van der Waals surface area contributed by atoms with Gasteiger partial charge in [-0.1, -0.05) is 31.7 Å². The summed E-state index contributed by atoms with van der Waals surface area (Å²) >= 11 is 1.16. The van der Waals surface area contributed by atoms with Gasteiger partial charge in [-0.3, -0.25) is 14.5 Å². The molecule has 250 valence electrons. The molecule has 1 aliphatic rings. The van der Waals surface area contributed by atoms with Gasteiger partial charge in [0.2, 0.25) is 11.8 Å². The molecule has 4 amide bonds. The van der Waals surface area contributed by atoms with Crippen molar-refractivity contribution in [2.24, 2.45) is 4.99 Å². The van der Waals surface area contributed by atoms with Crippen LogP contribution in [0.25, 0.3) is 17.1 Å². The van der Waals surface area contributed by atoms with E-state index >= 15 is 0 Å². The smallest absolute Gasteiger partial charge is 0.406 e. The van der Waals surface area contributed by atoms with E-state index in [0.29, 0.717) is 46.2 Å². The Morgan fingerprint density at radius 3 is 2.46 bits per heavy atom. The van der Waals surface area contributed by atoms with E-state index in [0.717, 1.165) is 17.3 Å². The number of thioether (sulfide) groups is 1. The molecule has 0 radical (unpaired) electrons. The first kappa shape index (κ1) is 34.2. The monoisotopic (exact) mass is 679 g/mol. The number of nitrogens with one attached hydrogen (secondary N) is 1. The summed E-state index contributed by atoms with van der Waals surface area (Å²) in [4.78, 5) is 50.1. The number of alkyl halides is 3. The molecule has 0 spiro atoms. The topological polar surface area (TPSA) is 122 Å². The van der Waals surface area contributed by atoms with Crippen LogP contribution in [-0.2, 0) is 9.59 Å². The molecule has 2 heterocycles. The highest BCUT2D eigenvalue weighted by atomic mass is 32.2. The molecular weight excluding hydrogens is 647 g/mol. The number of benzene rings is 3. The molecule has 0 aliphatic carbocycles. The molecule has 48 heavy (non-hydrogen) atoms. The molecule has 1 saturated heterocycles. The lowest BCUT2D eigenvalue weighted by molar-refractivity contribution is -0.274. The SMILES string of the molecule is CCN(C(C)=O)c1ccc(C(C)C)c(N2C(=O)CS/C2=N\C(=O)Nc2ccc(-c3ncn(-c4ccc(OC(F)(F)F)cc4)n3)cc2C)c1. The van der Waals surface area contributed by atoms with Gasteiger partial charge in [-0.15, -0.1) is 18.3 Å². The number of aryl methyl sites for hydroxylation is 1. The van der Waals surface area contributed by atoms with E-state index in [4.69, 9.17) is 0 Å². The standard InChI is InChI=1S/C33H32F3N7O4S/c1-6-41(21(5)44)24-10-13-26(19(2)3)28(16-24)43-29(45)17-48-32(43)39-31(46)38-27-14-7-22(15-20(27)4)30-37-18-42(40-30)23-8-11-25(12-9-23)47-33(34,35)36/h7-16,18-19H,6,17H2,1-5H3,(H,38,46)/b39-32-. The average Bonchev–Trinajstić information content (AvgIpc) is 3.65. The molecule has 0 atom stereocenters. The van der Waals surface area contributed by atoms with Gasteiger partial charge in [0.25, 0.3) is 0 Å². The predicted molar refractivity (Wildman–Crippen MR) is 179 cm³/mol. The summed E-state index contributed by atoms with van der Waals surface area (Å²) in [7, 11) is 0. The number of hydrogen-bond acceptors (Lipinski definition) is 7. The lowest BCUT2D eigenvalue weighted by Gasteiger charge is -2.26. The first-order chi connectivity index (χ1) is 22.7. The zero-order chi connectivity index (χ0) is 34.7. The first-order valence-corrected chi connectivity index (χ1v) is 15.9. The number of amides is 4. The molecular formula is C33H32F3N7O4S. The van der Waals surface area contributed by atoms with Gasteiger partial charge in [0, 0.05) is 30.4 Å². The van der Waals surface area contributed by atoms with Crippen LogP contribution in [0.3, 0.4) is 0 Å². The summed E-state index contributed by atoms with van der Waals surface area (Å²) in [6.45, 7) is 9.59. The zero-order valence-corrected chi connectivity index (χ0v) is 27.5. The van der Waals surface area contributed by atoms with Gasteiger partial charge in [0.1, 0.15) is 12.1 Å². The number of urea groups is 1. The lowest BCUT2D eigenvalue weighted by Crippen LogP contribution is -2.32. The number of aromatic nitrogens is 3. The lowest BCUT2D eigenvalue weighted by atomic mass is 9.99. The summed E-state index contributed by atoms with van der Waals surface area (Å²) in [6, 6.07) is 15.2. The van der Waals surface area contributed by atoms with Crippen LogP contribution in [0, 0.1) is 6.92 Å². The fourth-order valence-electron chi connectivity index (χ4n) is 5.14. The van der Waals surface area contributed by atoms with Crippen LogP contribution < -0.4 is 19.9 Å². The van der Waals surface area contributed by atoms with E-state index < -0.39 is 12.4 Å². The number of rotatable bonds is 8. The van der Waals surface area contributed by atoms with Crippen LogP contribution in [-0.4, -0.2) is 56.4 Å². The number of hydrogen-bond donors (Lipinski definition) is 1. The normalized spacial score (nSPS) is 14.1. The second kappa shape index (κ2) is 13.9. The summed E-state index contributed by atoms with van der Waals surface area (Å²) in [5.41, 5.74) is 4.38. The van der Waals surface area contributed by atoms with Gasteiger partial charge >= 0.3 is 12.4 Å². The predicted octanol–water partition coefficient (Wildman–Crippen LogP) is 7.31. The van der Waals surface area contributed by atoms with Crippen molar-refractivity contribution in [2.75, 3.05) is 27.4 Å². The average molecular weight is 680 g/mol. The Morgan fingerprint density at radius 1 is 1.10 bits per heavy atom. The second-order valence-electron chi connectivity index (χ2n) is 11.1. The summed E-state index contributed by atoms with van der Waals surface area (Å²) in [5.74, 6) is -0.187. The van der Waals surface area contributed by atoms with Gasteiger partial charge < -0.3 is 15.0 Å². The summed E-state index contributed by atoms with van der Waals surface area (Å²) < 4.78 is 42.7. The fraction of sp³-hybridized carbons (Fsp3) is 0.273. The number of anilines is 3. The van der Waals surface area contributed by atoms with E-state index in [1.165, 1.54) is 47.1 Å². The Kier molecular flexibility index (Phi) is 9.89. The molecule has 0 unspecified atom stereocenters. The number of halogens is 3. The van der Waals surface area contributed by atoms with Crippen LogP contribution in [0.1, 0.15) is 44.7 Å². The van der Waals surface area contributed by atoms with Gasteiger partial charge in [-0.05, 0) is 85.5 Å². The molecule has 3 aromatic carbocycles. The van der Waals surface area contributed by atoms with Crippen LogP contribution in [0.15, 0.2) is 72.0 Å². The number of aliphatic imine (C=N–C) groups is 1. The van der Waals surface area contributed by atoms with E-state index in [1.54, 1.807) is 36.1 Å². The third-order valence-electron chi connectivity index (χ3n) is 7.40. The van der Waals surface area contributed by atoms with Crippen LogP contribution in [0.2, 0.25) is 0 Å². The molecule has 1 aromatic heterocycles. The van der Waals surface area contributed by atoms with Crippen molar-refractivity contribution in [3.05, 3.63) is 78.1 Å². The van der Waals surface area contributed by atoms with E-state index in [2.05, 4.69) is 25.1 Å². The highest BCUT2D eigenvalue weighted by Crippen LogP contribution is 2.36. The van der Waals surface area contributed by atoms with Crippen LogP contribution in [0.4, 0.5) is 35.0 Å². The minimum Gasteiger partial charge on any atom is -0.406 e. The molecule has 1 aliphatic heterocycles. The molecule has 5 rings (SSSR count). The third kappa shape index (κ3) is 7.68.